The Balaban J connectivity index is 2.58. The second-order valence-electron chi connectivity index (χ2n) is 4.83. The highest BCUT2D eigenvalue weighted by atomic mass is 35.5. The Morgan fingerprint density at radius 2 is 2.17 bits per heavy atom. The molecule has 0 bridgehead atoms. The van der Waals surface area contributed by atoms with Crippen LogP contribution in [0.5, 0.6) is 0 Å². The van der Waals surface area contributed by atoms with E-state index in [1.165, 1.54) is 6.08 Å². The van der Waals surface area contributed by atoms with E-state index in [1.54, 1.807) is 20.8 Å². The molecule has 2 rings (SSSR count). The molecule has 0 N–H and O–H groups in total. The highest BCUT2D eigenvalue weighted by Gasteiger charge is 2.80. The molecule has 0 amide bonds. The van der Waals surface area contributed by atoms with Crippen LogP contribution in [0.2, 0.25) is 0 Å². The van der Waals surface area contributed by atoms with Crippen LogP contribution in [-0.4, -0.2) is 28.5 Å². The van der Waals surface area contributed by atoms with E-state index < -0.39 is 27.3 Å². The summed E-state index contributed by atoms with van der Waals surface area (Å²) >= 11 is 12.5. The molecule has 4 nitrogen and oxygen atoms in total. The molecule has 1 heterocycles. The van der Waals surface area contributed by atoms with Gasteiger partial charge in [-0.05, 0) is 26.3 Å². The second-order valence-corrected chi connectivity index (χ2v) is 6.31. The van der Waals surface area contributed by atoms with Crippen molar-refractivity contribution < 1.29 is 19.1 Å². The number of ether oxygens (including phenoxy) is 2. The first-order chi connectivity index (χ1) is 8.21. The zero-order chi connectivity index (χ0) is 13.8. The summed E-state index contributed by atoms with van der Waals surface area (Å²) in [5.41, 5.74) is -1.87. The summed E-state index contributed by atoms with van der Waals surface area (Å²) < 4.78 is 9.01. The number of hydrogen-bond donors (Lipinski definition) is 0. The van der Waals surface area contributed by atoms with Crippen molar-refractivity contribution >= 4 is 35.1 Å². The molecule has 0 radical (unpaired) electrons. The second kappa shape index (κ2) is 3.87. The summed E-state index contributed by atoms with van der Waals surface area (Å²) in [5, 5.41) is 0. The molecule has 6 heteroatoms. The Bertz CT molecular complexity index is 457. The number of fused-ring (bicyclic) bond motifs is 1. The van der Waals surface area contributed by atoms with Crippen LogP contribution in [0.25, 0.3) is 0 Å². The van der Waals surface area contributed by atoms with Gasteiger partial charge >= 0.3 is 11.9 Å². The number of rotatable bonds is 2. The van der Waals surface area contributed by atoms with Crippen molar-refractivity contribution in [3.05, 3.63) is 11.6 Å². The first-order valence-electron chi connectivity index (χ1n) is 5.68. The Hall–Kier alpha value is -0.740. The van der Waals surface area contributed by atoms with Gasteiger partial charge in [0.25, 0.3) is 0 Å². The van der Waals surface area contributed by atoms with E-state index in [1.807, 2.05) is 0 Å². The third kappa shape index (κ3) is 1.39. The van der Waals surface area contributed by atoms with E-state index in [9.17, 15) is 9.59 Å². The minimum absolute atomic E-state index is 0.193. The SMILES string of the molecule is CCOC(=O)[C@@]12C(C)=CC(=O)O[C@]1(C)CC2(Cl)Cl. The van der Waals surface area contributed by atoms with E-state index in [4.69, 9.17) is 32.7 Å². The molecule has 0 saturated heterocycles. The van der Waals surface area contributed by atoms with Crippen molar-refractivity contribution in [3.8, 4) is 0 Å². The van der Waals surface area contributed by atoms with Crippen LogP contribution < -0.4 is 0 Å². The highest BCUT2D eigenvalue weighted by Crippen LogP contribution is 2.69. The van der Waals surface area contributed by atoms with Crippen LogP contribution in [0.3, 0.4) is 0 Å². The Morgan fingerprint density at radius 3 is 2.61 bits per heavy atom. The predicted octanol–water partition coefficient (Wildman–Crippen LogP) is 2.38. The number of carbonyl (C=O) groups excluding carboxylic acids is 2. The maximum absolute atomic E-state index is 12.3. The first-order valence-corrected chi connectivity index (χ1v) is 6.43. The highest BCUT2D eigenvalue weighted by molar-refractivity contribution is 6.51. The number of alkyl halides is 2. The topological polar surface area (TPSA) is 52.6 Å². The third-order valence-corrected chi connectivity index (χ3v) is 4.57. The van der Waals surface area contributed by atoms with Gasteiger partial charge in [-0.25, -0.2) is 4.79 Å². The van der Waals surface area contributed by atoms with Crippen molar-refractivity contribution in [2.75, 3.05) is 6.61 Å². The largest absolute Gasteiger partial charge is 0.465 e. The summed E-state index contributed by atoms with van der Waals surface area (Å²) in [6.45, 7) is 5.21. The van der Waals surface area contributed by atoms with Gasteiger partial charge < -0.3 is 9.47 Å². The van der Waals surface area contributed by atoms with Crippen molar-refractivity contribution in [2.24, 2.45) is 5.41 Å². The summed E-state index contributed by atoms with van der Waals surface area (Å²) in [5.74, 6) is -1.04. The smallest absolute Gasteiger partial charge is 0.331 e. The van der Waals surface area contributed by atoms with Gasteiger partial charge in [-0.15, -0.1) is 0 Å². The van der Waals surface area contributed by atoms with Gasteiger partial charge in [-0.1, -0.05) is 23.2 Å². The Labute approximate surface area is 115 Å². The zero-order valence-corrected chi connectivity index (χ0v) is 11.9. The molecule has 2 atom stereocenters. The lowest BCUT2D eigenvalue weighted by Crippen LogP contribution is -2.75. The maximum atomic E-state index is 12.3. The molecule has 1 fully saturated rings. The van der Waals surface area contributed by atoms with Gasteiger partial charge in [0.05, 0.1) is 6.61 Å². The summed E-state index contributed by atoms with van der Waals surface area (Å²) in [4.78, 5) is 23.8. The fourth-order valence-corrected chi connectivity index (χ4v) is 4.45. The van der Waals surface area contributed by atoms with Crippen LogP contribution >= 0.6 is 23.2 Å². The summed E-state index contributed by atoms with van der Waals surface area (Å²) in [7, 11) is 0. The van der Waals surface area contributed by atoms with Crippen LogP contribution in [0.1, 0.15) is 27.2 Å². The van der Waals surface area contributed by atoms with Gasteiger partial charge in [0.2, 0.25) is 0 Å². The minimum atomic E-state index is -1.32. The fourth-order valence-electron chi connectivity index (χ4n) is 3.09. The number of halogens is 2. The minimum Gasteiger partial charge on any atom is -0.465 e. The van der Waals surface area contributed by atoms with E-state index in [0.29, 0.717) is 5.57 Å². The molecular weight excluding hydrogens is 279 g/mol. The van der Waals surface area contributed by atoms with Gasteiger partial charge in [0.1, 0.15) is 9.93 Å². The quantitative estimate of drug-likeness (QED) is 0.579. The number of carbonyl (C=O) groups is 2. The Kier molecular flexibility index (Phi) is 2.95. The third-order valence-electron chi connectivity index (χ3n) is 3.73. The normalized spacial score (nSPS) is 36.9. The Morgan fingerprint density at radius 1 is 1.56 bits per heavy atom. The van der Waals surface area contributed by atoms with Gasteiger partial charge in [-0.3, -0.25) is 4.79 Å². The summed E-state index contributed by atoms with van der Waals surface area (Å²) in [6.07, 6.45) is 1.44. The van der Waals surface area contributed by atoms with Gasteiger partial charge in [0, 0.05) is 12.5 Å². The van der Waals surface area contributed by atoms with E-state index >= 15 is 0 Å². The number of hydrogen-bond acceptors (Lipinski definition) is 4. The van der Waals surface area contributed by atoms with Crippen LogP contribution in [0, 0.1) is 5.41 Å². The number of esters is 2. The molecule has 0 aromatic carbocycles. The van der Waals surface area contributed by atoms with Crippen LogP contribution in [0.4, 0.5) is 0 Å². The molecule has 0 unspecified atom stereocenters. The lowest BCUT2D eigenvalue weighted by Gasteiger charge is -2.63. The van der Waals surface area contributed by atoms with E-state index in [-0.39, 0.29) is 13.0 Å². The van der Waals surface area contributed by atoms with E-state index in [2.05, 4.69) is 0 Å². The van der Waals surface area contributed by atoms with Crippen molar-refractivity contribution in [1.82, 2.24) is 0 Å². The molecule has 2 aliphatic rings. The molecule has 18 heavy (non-hydrogen) atoms. The zero-order valence-electron chi connectivity index (χ0n) is 10.4. The fraction of sp³-hybridized carbons (Fsp3) is 0.667. The van der Waals surface area contributed by atoms with Crippen molar-refractivity contribution in [3.63, 3.8) is 0 Å². The van der Waals surface area contributed by atoms with Crippen LogP contribution in [0.15, 0.2) is 11.6 Å². The molecule has 1 aliphatic carbocycles. The average molecular weight is 293 g/mol. The average Bonchev–Trinajstić information content (AvgIpc) is 2.13. The summed E-state index contributed by atoms with van der Waals surface area (Å²) in [6, 6.07) is 0. The van der Waals surface area contributed by atoms with Gasteiger partial charge in [-0.2, -0.15) is 0 Å². The van der Waals surface area contributed by atoms with Crippen molar-refractivity contribution in [2.45, 2.75) is 37.1 Å². The van der Waals surface area contributed by atoms with Crippen LogP contribution in [-0.2, 0) is 19.1 Å². The monoisotopic (exact) mass is 292 g/mol. The van der Waals surface area contributed by atoms with Crippen molar-refractivity contribution in [1.29, 1.82) is 0 Å². The maximum Gasteiger partial charge on any atom is 0.331 e. The molecule has 100 valence electrons. The predicted molar refractivity (Wildman–Crippen MR) is 66.4 cm³/mol. The molecule has 0 aromatic rings. The molecule has 0 spiro atoms. The molecular formula is C12H14Cl2O4. The van der Waals surface area contributed by atoms with Gasteiger partial charge in [0.15, 0.2) is 5.41 Å². The standard InChI is InChI=1S/C12H14Cl2O4/c1-4-17-9(16)12-7(2)5-8(15)18-10(12,3)6-11(12,13)14/h5H,4,6H2,1-3H3/t10-,12+/m1/s1. The molecule has 1 saturated carbocycles. The lowest BCUT2D eigenvalue weighted by atomic mass is 9.52. The first kappa shape index (κ1) is 13.7. The lowest BCUT2D eigenvalue weighted by molar-refractivity contribution is -0.212. The molecule has 1 aliphatic heterocycles. The van der Waals surface area contributed by atoms with E-state index in [0.717, 1.165) is 0 Å². The molecule has 0 aromatic heterocycles.